The van der Waals surface area contributed by atoms with Crippen molar-refractivity contribution >= 4 is 66.7 Å². The van der Waals surface area contributed by atoms with Crippen LogP contribution in [0.4, 0.5) is 5.69 Å². The maximum Gasteiger partial charge on any atom is 0.238 e. The van der Waals surface area contributed by atoms with Gasteiger partial charge in [-0.25, -0.2) is 0 Å². The molecule has 1 aliphatic heterocycles. The highest BCUT2D eigenvalue weighted by molar-refractivity contribution is 9.13. The van der Waals surface area contributed by atoms with Crippen LogP contribution >= 0.6 is 31.9 Å². The van der Waals surface area contributed by atoms with Crippen molar-refractivity contribution < 1.29 is 33.8 Å². The van der Waals surface area contributed by atoms with E-state index in [2.05, 4.69) is 31.9 Å². The van der Waals surface area contributed by atoms with Gasteiger partial charge in [0.15, 0.2) is 28.8 Å². The van der Waals surface area contributed by atoms with E-state index in [0.717, 1.165) is 5.57 Å². The van der Waals surface area contributed by atoms with Crippen LogP contribution in [0.1, 0.15) is 48.5 Å². The number of ketones is 3. The second-order valence-corrected chi connectivity index (χ2v) is 12.6. The quantitative estimate of drug-likeness (QED) is 0.187. The Balaban J connectivity index is 1.50. The van der Waals surface area contributed by atoms with Gasteiger partial charge in [-0.2, -0.15) is 0 Å². The number of nitrogens with zero attached hydrogens (tertiary/aromatic N) is 1. The first-order valence-electron chi connectivity index (χ1n) is 13.4. The lowest BCUT2D eigenvalue weighted by atomic mass is 9.59. The van der Waals surface area contributed by atoms with Crippen molar-refractivity contribution in [2.24, 2.45) is 17.8 Å². The molecule has 214 valence electrons. The molecule has 8 nitrogen and oxygen atoms in total. The lowest BCUT2D eigenvalue weighted by Gasteiger charge is -2.42. The van der Waals surface area contributed by atoms with E-state index in [4.69, 9.17) is 4.74 Å². The maximum absolute atomic E-state index is 14.1. The van der Waals surface area contributed by atoms with E-state index >= 15 is 0 Å². The number of rotatable bonds is 4. The zero-order chi connectivity index (χ0) is 30.2. The lowest BCUT2D eigenvalue weighted by molar-refractivity contribution is -0.123. The molecule has 1 saturated heterocycles. The standard InChI is InChI=1S/C32H25Br2NO7/c1-13-10-22(37)20-11-19-17(24(26(20)29(13)38)21-12-23(42-3)30(39)28(34)27(21)33)8-9-18-25(19)32(41)35(31(18)40)16-6-4-15(5-7-16)14(2)36/h4-8,10,12,18-19,24-25,39H,9,11H2,1-3H3/t18-,19+,24+,25-/m0/s1. The van der Waals surface area contributed by atoms with Crippen LogP contribution in [-0.2, 0) is 19.2 Å². The Kier molecular flexibility index (Phi) is 6.97. The molecule has 0 aromatic heterocycles. The van der Waals surface area contributed by atoms with Gasteiger partial charge < -0.3 is 9.84 Å². The Bertz CT molecular complexity index is 1730. The normalized spacial score (nSPS) is 25.1. The minimum atomic E-state index is -0.738. The fourth-order valence-corrected chi connectivity index (χ4v) is 7.75. The summed E-state index contributed by atoms with van der Waals surface area (Å²) in [5.74, 6) is -3.92. The number of amides is 2. The summed E-state index contributed by atoms with van der Waals surface area (Å²) in [4.78, 5) is 67.7. The monoisotopic (exact) mass is 693 g/mol. The van der Waals surface area contributed by atoms with Crippen LogP contribution in [0.5, 0.6) is 11.5 Å². The Morgan fingerprint density at radius 1 is 1.02 bits per heavy atom. The fraction of sp³-hybridized carbons (Fsp3) is 0.281. The molecule has 0 unspecified atom stereocenters. The summed E-state index contributed by atoms with van der Waals surface area (Å²) in [7, 11) is 1.42. The van der Waals surface area contributed by atoms with E-state index in [9.17, 15) is 29.1 Å². The predicted molar refractivity (Wildman–Crippen MR) is 160 cm³/mol. The van der Waals surface area contributed by atoms with Crippen molar-refractivity contribution in [1.82, 2.24) is 0 Å². The number of anilines is 1. The Labute approximate surface area is 258 Å². The third-order valence-electron chi connectivity index (χ3n) is 8.80. The number of methoxy groups -OCH3 is 1. The zero-order valence-corrected chi connectivity index (χ0v) is 26.0. The number of fused-ring (bicyclic) bond motifs is 3. The molecule has 0 radical (unpaired) electrons. The summed E-state index contributed by atoms with van der Waals surface area (Å²) in [6, 6.07) is 8.00. The van der Waals surface area contributed by atoms with Crippen LogP contribution in [0, 0.1) is 17.8 Å². The molecule has 0 spiro atoms. The van der Waals surface area contributed by atoms with Gasteiger partial charge in [0.05, 0.1) is 29.1 Å². The van der Waals surface area contributed by atoms with Gasteiger partial charge in [0, 0.05) is 32.7 Å². The molecule has 2 aromatic carbocycles. The molecule has 6 rings (SSSR count). The van der Waals surface area contributed by atoms with Crippen LogP contribution in [-0.4, -0.2) is 41.4 Å². The van der Waals surface area contributed by atoms with Gasteiger partial charge >= 0.3 is 0 Å². The number of allylic oxidation sites excluding steroid dienone is 6. The molecule has 2 aromatic rings. The number of hydrogen-bond donors (Lipinski definition) is 1. The van der Waals surface area contributed by atoms with Gasteiger partial charge in [0.1, 0.15) is 0 Å². The summed E-state index contributed by atoms with van der Waals surface area (Å²) < 4.78 is 6.22. The molecular weight excluding hydrogens is 670 g/mol. The molecule has 1 fully saturated rings. The topological polar surface area (TPSA) is 118 Å². The van der Waals surface area contributed by atoms with Gasteiger partial charge in [0.2, 0.25) is 11.8 Å². The number of ether oxygens (including phenoxy) is 1. The molecule has 0 bridgehead atoms. The van der Waals surface area contributed by atoms with Crippen LogP contribution in [0.2, 0.25) is 0 Å². The lowest BCUT2D eigenvalue weighted by Crippen LogP contribution is -2.40. The van der Waals surface area contributed by atoms with Crippen molar-refractivity contribution in [3.63, 3.8) is 0 Å². The first-order chi connectivity index (χ1) is 20.0. The first-order valence-corrected chi connectivity index (χ1v) is 15.0. The molecule has 1 heterocycles. The third kappa shape index (κ3) is 4.10. The van der Waals surface area contributed by atoms with Crippen LogP contribution in [0.25, 0.3) is 0 Å². The molecule has 4 atom stereocenters. The average Bonchev–Trinajstić information content (AvgIpc) is 3.23. The largest absolute Gasteiger partial charge is 0.503 e. The number of halogens is 2. The number of Topliss-reactive ketones (excluding diaryl/α,β-unsaturated/α-hetero) is 2. The van der Waals surface area contributed by atoms with E-state index in [0.29, 0.717) is 42.5 Å². The third-order valence-corrected chi connectivity index (χ3v) is 11.0. The predicted octanol–water partition coefficient (Wildman–Crippen LogP) is 5.76. The highest BCUT2D eigenvalue weighted by Gasteiger charge is 2.57. The Morgan fingerprint density at radius 3 is 2.36 bits per heavy atom. The van der Waals surface area contributed by atoms with Gasteiger partial charge in [-0.05, 0) is 106 Å². The van der Waals surface area contributed by atoms with Gasteiger partial charge in [0.25, 0.3) is 0 Å². The van der Waals surface area contributed by atoms with Crippen molar-refractivity contribution in [1.29, 1.82) is 0 Å². The highest BCUT2D eigenvalue weighted by atomic mass is 79.9. The van der Waals surface area contributed by atoms with E-state index in [1.807, 2.05) is 6.08 Å². The van der Waals surface area contributed by atoms with E-state index < -0.39 is 23.7 Å². The Hall–Kier alpha value is -3.63. The van der Waals surface area contributed by atoms with Crippen LogP contribution < -0.4 is 9.64 Å². The zero-order valence-electron chi connectivity index (χ0n) is 22.9. The minimum absolute atomic E-state index is 0.125. The smallest absolute Gasteiger partial charge is 0.238 e. The summed E-state index contributed by atoms with van der Waals surface area (Å²) in [5, 5.41) is 10.6. The first kappa shape index (κ1) is 28.5. The maximum atomic E-state index is 14.1. The number of benzene rings is 2. The number of imide groups is 1. The van der Waals surface area contributed by atoms with Gasteiger partial charge in [-0.15, -0.1) is 0 Å². The summed E-state index contributed by atoms with van der Waals surface area (Å²) >= 11 is 6.98. The number of phenols is 1. The van der Waals surface area contributed by atoms with Gasteiger partial charge in [-0.1, -0.05) is 11.6 Å². The molecule has 4 aliphatic rings. The number of aromatic hydroxyl groups is 1. The van der Waals surface area contributed by atoms with Crippen LogP contribution in [0.15, 0.2) is 73.7 Å². The van der Waals surface area contributed by atoms with Crippen molar-refractivity contribution in [3.05, 3.63) is 84.8 Å². The molecular formula is C32H25Br2NO7. The van der Waals surface area contributed by atoms with Crippen molar-refractivity contribution in [3.8, 4) is 11.5 Å². The molecule has 2 amide bonds. The van der Waals surface area contributed by atoms with E-state index in [1.165, 1.54) is 25.0 Å². The average molecular weight is 695 g/mol. The molecule has 10 heteroatoms. The highest BCUT2D eigenvalue weighted by Crippen LogP contribution is 2.57. The molecule has 3 aliphatic carbocycles. The minimum Gasteiger partial charge on any atom is -0.503 e. The number of carbonyl (C=O) groups excluding carboxylic acids is 5. The summed E-state index contributed by atoms with van der Waals surface area (Å²) in [6.07, 6.45) is 3.70. The number of hydrogen-bond acceptors (Lipinski definition) is 7. The summed E-state index contributed by atoms with van der Waals surface area (Å²) in [6.45, 7) is 3.05. The van der Waals surface area contributed by atoms with Crippen molar-refractivity contribution in [2.45, 2.75) is 32.6 Å². The van der Waals surface area contributed by atoms with Gasteiger partial charge in [-0.3, -0.25) is 28.9 Å². The number of carbonyl (C=O) groups is 5. The Morgan fingerprint density at radius 2 is 1.71 bits per heavy atom. The SMILES string of the molecule is COc1cc([C@H]2C3=CC[C@@H]4C(=O)N(c5ccc(C(C)=O)cc5)C(=O)[C@@H]4[C@@H]3CC3=C2C(=O)C(C)=CC3=O)c(Br)c(Br)c1O. The van der Waals surface area contributed by atoms with Crippen molar-refractivity contribution in [2.75, 3.05) is 12.0 Å². The molecule has 42 heavy (non-hydrogen) atoms. The van der Waals surface area contributed by atoms with Crippen LogP contribution in [0.3, 0.4) is 0 Å². The second-order valence-electron chi connectivity index (χ2n) is 11.0. The second kappa shape index (κ2) is 10.3. The number of phenolic OH excluding ortho intramolecular Hbond substituents is 1. The fourth-order valence-electron chi connectivity index (χ4n) is 6.79. The molecule has 1 N–H and O–H groups in total. The summed E-state index contributed by atoms with van der Waals surface area (Å²) in [5.41, 5.74) is 3.22. The molecule has 0 saturated carbocycles. The van der Waals surface area contributed by atoms with E-state index in [-0.39, 0.29) is 53.5 Å². The van der Waals surface area contributed by atoms with E-state index in [1.54, 1.807) is 37.3 Å².